The van der Waals surface area contributed by atoms with Crippen molar-refractivity contribution in [1.82, 2.24) is 0 Å². The van der Waals surface area contributed by atoms with Gasteiger partial charge in [0.2, 0.25) is 0 Å². The van der Waals surface area contributed by atoms with Gasteiger partial charge in [-0.05, 0) is 11.6 Å². The van der Waals surface area contributed by atoms with E-state index >= 15 is 0 Å². The zero-order valence-electron chi connectivity index (χ0n) is 12.5. The first-order chi connectivity index (χ1) is 11.7. The van der Waals surface area contributed by atoms with E-state index in [9.17, 15) is 9.59 Å². The second kappa shape index (κ2) is 4.41. The van der Waals surface area contributed by atoms with Crippen LogP contribution >= 0.6 is 0 Å². The quantitative estimate of drug-likeness (QED) is 0.392. The van der Waals surface area contributed by atoms with Gasteiger partial charge in [-0.2, -0.15) is 0 Å². The Morgan fingerprint density at radius 1 is 1.17 bits per heavy atom. The molecule has 4 aromatic rings. The number of rotatable bonds is 1. The van der Waals surface area contributed by atoms with E-state index in [1.54, 1.807) is 12.1 Å². The van der Waals surface area contributed by atoms with E-state index in [1.807, 2.05) is 0 Å². The van der Waals surface area contributed by atoms with Crippen molar-refractivity contribution < 1.29 is 27.5 Å². The van der Waals surface area contributed by atoms with Crippen LogP contribution in [0, 0.1) is 0 Å². The molecular weight excluding hydrogens is 316 g/mol. The summed E-state index contributed by atoms with van der Waals surface area (Å²) in [4.78, 5) is 24.3. The van der Waals surface area contributed by atoms with E-state index in [0.29, 0.717) is 50.8 Å². The number of esters is 1. The van der Waals surface area contributed by atoms with Crippen molar-refractivity contribution in [1.29, 1.82) is 0 Å². The maximum atomic E-state index is 12.4. The third-order valence-electron chi connectivity index (χ3n) is 4.32. The average molecular weight is 326 g/mol. The second-order valence-corrected chi connectivity index (χ2v) is 5.51. The lowest BCUT2D eigenvalue weighted by Crippen LogP contribution is -2.26. The van der Waals surface area contributed by atoms with Gasteiger partial charge in [-0.3, -0.25) is 0 Å². The zero-order chi connectivity index (χ0) is 16.4. The summed E-state index contributed by atoms with van der Waals surface area (Å²) in [7, 11) is 1.51. The first kappa shape index (κ1) is 13.2. The summed E-state index contributed by atoms with van der Waals surface area (Å²) in [6.45, 7) is 0.206. The fraction of sp³-hybridized carbons (Fsp3) is 0.176. The third-order valence-corrected chi connectivity index (χ3v) is 4.32. The minimum atomic E-state index is -0.727. The summed E-state index contributed by atoms with van der Waals surface area (Å²) < 4.78 is 26.8. The van der Waals surface area contributed by atoms with Crippen LogP contribution in [0.4, 0.5) is 0 Å². The molecule has 4 heterocycles. The molecule has 0 N–H and O–H groups in total. The summed E-state index contributed by atoms with van der Waals surface area (Å²) in [5, 5.41) is 1.90. The number of hydrogen-bond donors (Lipinski definition) is 0. The molecule has 7 heteroatoms. The van der Waals surface area contributed by atoms with Crippen LogP contribution in [0.25, 0.3) is 33.1 Å². The SMILES string of the molecule is COc1cc2oc3occc3c2c2oc(=O)c3c(c12)CCOC3=O. The topological polar surface area (TPSA) is 92.0 Å². The molecule has 5 rings (SSSR count). The largest absolute Gasteiger partial charge is 0.496 e. The highest BCUT2D eigenvalue weighted by Gasteiger charge is 2.30. The number of ether oxygens (including phenoxy) is 2. The smallest absolute Gasteiger partial charge is 0.351 e. The molecule has 3 aromatic heterocycles. The van der Waals surface area contributed by atoms with Crippen molar-refractivity contribution in [2.24, 2.45) is 0 Å². The van der Waals surface area contributed by atoms with Gasteiger partial charge in [-0.15, -0.1) is 0 Å². The molecular formula is C17H10O7. The summed E-state index contributed by atoms with van der Waals surface area (Å²) in [5.74, 6) is 0.123. The second-order valence-electron chi connectivity index (χ2n) is 5.51. The summed E-state index contributed by atoms with van der Waals surface area (Å²) in [6.07, 6.45) is 1.91. The molecule has 0 amide bonds. The van der Waals surface area contributed by atoms with Gasteiger partial charge >= 0.3 is 11.6 Å². The number of cyclic esters (lactones) is 1. The van der Waals surface area contributed by atoms with Crippen LogP contribution in [0.1, 0.15) is 15.9 Å². The molecule has 7 nitrogen and oxygen atoms in total. The Bertz CT molecular complexity index is 1200. The van der Waals surface area contributed by atoms with E-state index in [2.05, 4.69) is 0 Å². The molecule has 0 spiro atoms. The van der Waals surface area contributed by atoms with Crippen LogP contribution < -0.4 is 10.4 Å². The molecule has 120 valence electrons. The van der Waals surface area contributed by atoms with Gasteiger partial charge in [0, 0.05) is 12.5 Å². The zero-order valence-corrected chi connectivity index (χ0v) is 12.5. The minimum absolute atomic E-state index is 0.0710. The number of furan rings is 2. The van der Waals surface area contributed by atoms with Crippen LogP contribution in [-0.2, 0) is 11.2 Å². The maximum absolute atomic E-state index is 12.4. The van der Waals surface area contributed by atoms with Gasteiger partial charge in [0.1, 0.15) is 16.9 Å². The number of benzene rings is 1. The summed E-state index contributed by atoms with van der Waals surface area (Å²) >= 11 is 0. The summed E-state index contributed by atoms with van der Waals surface area (Å²) in [5.41, 5.74) is 0.583. The highest BCUT2D eigenvalue weighted by Crippen LogP contribution is 2.41. The Labute approximate surface area is 133 Å². The van der Waals surface area contributed by atoms with Crippen molar-refractivity contribution >= 4 is 39.1 Å². The van der Waals surface area contributed by atoms with Crippen molar-refractivity contribution in [3.8, 4) is 5.75 Å². The van der Waals surface area contributed by atoms with Crippen LogP contribution in [0.2, 0.25) is 0 Å². The van der Waals surface area contributed by atoms with Gasteiger partial charge in [0.15, 0.2) is 5.58 Å². The Morgan fingerprint density at radius 2 is 2.04 bits per heavy atom. The number of carbonyl (C=O) groups is 1. The van der Waals surface area contributed by atoms with E-state index in [0.717, 1.165) is 0 Å². The van der Waals surface area contributed by atoms with Crippen LogP contribution in [0.3, 0.4) is 0 Å². The van der Waals surface area contributed by atoms with Gasteiger partial charge in [0.05, 0.1) is 36.1 Å². The molecule has 1 aromatic carbocycles. The van der Waals surface area contributed by atoms with E-state index in [4.69, 9.17) is 22.7 Å². The number of carbonyl (C=O) groups excluding carboxylic acids is 1. The first-order valence-corrected chi connectivity index (χ1v) is 7.32. The standard InChI is InChI=1S/C17H10O7/c1-20-9-6-10-12(8-3-5-22-17(8)23-10)14-11(9)7-2-4-21-15(18)13(7)16(19)24-14/h3,5-6H,2,4H2,1H3. The van der Waals surface area contributed by atoms with Crippen LogP contribution in [0.5, 0.6) is 5.75 Å². The minimum Gasteiger partial charge on any atom is -0.496 e. The predicted molar refractivity (Wildman–Crippen MR) is 82.6 cm³/mol. The lowest BCUT2D eigenvalue weighted by molar-refractivity contribution is 0.0475. The van der Waals surface area contributed by atoms with Gasteiger partial charge < -0.3 is 22.7 Å². The van der Waals surface area contributed by atoms with Crippen molar-refractivity contribution in [2.45, 2.75) is 6.42 Å². The maximum Gasteiger partial charge on any atom is 0.351 e. The lowest BCUT2D eigenvalue weighted by Gasteiger charge is -2.17. The van der Waals surface area contributed by atoms with E-state index < -0.39 is 11.6 Å². The van der Waals surface area contributed by atoms with Gasteiger partial charge in [-0.25, -0.2) is 9.59 Å². The normalized spacial score (nSPS) is 14.3. The summed E-state index contributed by atoms with van der Waals surface area (Å²) in [6, 6.07) is 3.44. The lowest BCUT2D eigenvalue weighted by atomic mass is 9.97. The molecule has 0 saturated carbocycles. The highest BCUT2D eigenvalue weighted by atomic mass is 16.5. The fourth-order valence-electron chi connectivity index (χ4n) is 3.32. The molecule has 0 saturated heterocycles. The monoisotopic (exact) mass is 326 g/mol. The molecule has 0 atom stereocenters. The van der Waals surface area contributed by atoms with Crippen LogP contribution in [-0.4, -0.2) is 19.7 Å². The number of methoxy groups -OCH3 is 1. The Kier molecular flexibility index (Phi) is 2.43. The highest BCUT2D eigenvalue weighted by molar-refractivity contribution is 6.18. The average Bonchev–Trinajstić information content (AvgIpc) is 3.14. The van der Waals surface area contributed by atoms with E-state index in [-0.39, 0.29) is 12.2 Å². The van der Waals surface area contributed by atoms with Gasteiger partial charge in [-0.1, -0.05) is 0 Å². The van der Waals surface area contributed by atoms with Gasteiger partial charge in [0.25, 0.3) is 5.78 Å². The number of hydrogen-bond acceptors (Lipinski definition) is 7. The molecule has 0 radical (unpaired) electrons. The molecule has 1 aliphatic rings. The molecule has 1 aliphatic heterocycles. The molecule has 0 fully saturated rings. The first-order valence-electron chi connectivity index (χ1n) is 7.32. The van der Waals surface area contributed by atoms with Crippen molar-refractivity contribution in [3.63, 3.8) is 0 Å². The Morgan fingerprint density at radius 3 is 2.88 bits per heavy atom. The third kappa shape index (κ3) is 1.51. The van der Waals surface area contributed by atoms with Crippen molar-refractivity contribution in [3.05, 3.63) is 39.9 Å². The predicted octanol–water partition coefficient (Wildman–Crippen LogP) is 3.01. The van der Waals surface area contributed by atoms with Crippen molar-refractivity contribution in [2.75, 3.05) is 13.7 Å². The Hall–Kier alpha value is -3.22. The van der Waals surface area contributed by atoms with E-state index in [1.165, 1.54) is 13.4 Å². The fourth-order valence-corrected chi connectivity index (χ4v) is 3.32. The Balaban J connectivity index is 2.09. The molecule has 0 unspecified atom stereocenters. The number of fused-ring (bicyclic) bond motifs is 7. The molecule has 0 aliphatic carbocycles. The molecule has 0 bridgehead atoms. The molecule has 24 heavy (non-hydrogen) atoms. The van der Waals surface area contributed by atoms with Crippen LogP contribution in [0.15, 0.2) is 36.4 Å².